The van der Waals surface area contributed by atoms with Crippen molar-refractivity contribution in [2.24, 2.45) is 0 Å². The summed E-state index contributed by atoms with van der Waals surface area (Å²) in [5.41, 5.74) is -1.63. The van der Waals surface area contributed by atoms with Gasteiger partial charge in [-0.1, -0.05) is 6.92 Å². The van der Waals surface area contributed by atoms with Gasteiger partial charge in [0, 0.05) is 12.3 Å². The Labute approximate surface area is 140 Å². The number of aryl methyl sites for hydroxylation is 1. The number of nitrogens with zero attached hydrogens (tertiary/aromatic N) is 2. The Morgan fingerprint density at radius 3 is 2.83 bits per heavy atom. The van der Waals surface area contributed by atoms with E-state index in [1.54, 1.807) is 6.92 Å². The molecule has 1 saturated heterocycles. The standard InChI is InChI=1S/C15H16F3N3O2S/c1-2-8-6-10(15(16,17)18)11-12(19-8)21(14(24)20-13(11)22)7-9-4-3-5-23-9/h6,9H,2-5,7H2,1H3,(H,20,22,24). The SMILES string of the molecule is CCc1cc(C(F)(F)F)c2c(=O)[nH]c(=S)n(CC3CCCO3)c2n1. The van der Waals surface area contributed by atoms with Gasteiger partial charge in [-0.3, -0.25) is 14.3 Å². The number of nitrogens with one attached hydrogen (secondary N) is 1. The molecule has 1 aliphatic heterocycles. The topological polar surface area (TPSA) is 59.9 Å². The number of alkyl halides is 3. The molecule has 5 nitrogen and oxygen atoms in total. The molecule has 9 heteroatoms. The largest absolute Gasteiger partial charge is 0.417 e. The first-order valence-electron chi connectivity index (χ1n) is 7.66. The van der Waals surface area contributed by atoms with Crippen LogP contribution in [0.5, 0.6) is 0 Å². The third-order valence-electron chi connectivity index (χ3n) is 4.08. The zero-order valence-electron chi connectivity index (χ0n) is 12.9. The lowest BCUT2D eigenvalue weighted by Gasteiger charge is -2.17. The van der Waals surface area contributed by atoms with E-state index in [2.05, 4.69) is 9.97 Å². The van der Waals surface area contributed by atoms with Crippen LogP contribution in [-0.4, -0.2) is 27.2 Å². The second-order valence-electron chi connectivity index (χ2n) is 5.72. The number of pyridine rings is 1. The molecule has 3 rings (SSSR count). The molecule has 0 spiro atoms. The fraction of sp³-hybridized carbons (Fsp3) is 0.533. The van der Waals surface area contributed by atoms with Crippen LogP contribution in [0.25, 0.3) is 11.0 Å². The Hall–Kier alpha value is -1.74. The Morgan fingerprint density at radius 2 is 2.25 bits per heavy atom. The zero-order valence-corrected chi connectivity index (χ0v) is 13.8. The minimum Gasteiger partial charge on any atom is -0.376 e. The van der Waals surface area contributed by atoms with E-state index in [-0.39, 0.29) is 28.8 Å². The van der Waals surface area contributed by atoms with Crippen molar-refractivity contribution >= 4 is 23.3 Å². The number of aromatic amines is 1. The van der Waals surface area contributed by atoms with Gasteiger partial charge in [-0.15, -0.1) is 0 Å². The molecule has 0 bridgehead atoms. The fourth-order valence-electron chi connectivity index (χ4n) is 2.89. The van der Waals surface area contributed by atoms with E-state index in [1.165, 1.54) is 4.57 Å². The summed E-state index contributed by atoms with van der Waals surface area (Å²) >= 11 is 5.15. The van der Waals surface area contributed by atoms with Gasteiger partial charge in [-0.05, 0) is 37.5 Å². The highest BCUT2D eigenvalue weighted by atomic mass is 32.1. The molecule has 1 aliphatic rings. The highest BCUT2D eigenvalue weighted by Gasteiger charge is 2.35. The maximum absolute atomic E-state index is 13.4. The van der Waals surface area contributed by atoms with E-state index in [1.807, 2.05) is 0 Å². The van der Waals surface area contributed by atoms with E-state index in [0.29, 0.717) is 13.0 Å². The number of H-pyrrole nitrogens is 1. The normalized spacial score (nSPS) is 18.4. The van der Waals surface area contributed by atoms with Crippen molar-refractivity contribution in [2.45, 2.75) is 45.0 Å². The number of fused-ring (bicyclic) bond motifs is 1. The van der Waals surface area contributed by atoms with Crippen molar-refractivity contribution < 1.29 is 17.9 Å². The van der Waals surface area contributed by atoms with Gasteiger partial charge < -0.3 is 4.74 Å². The quantitative estimate of drug-likeness (QED) is 0.855. The third-order valence-corrected chi connectivity index (χ3v) is 4.40. The van der Waals surface area contributed by atoms with Crippen LogP contribution >= 0.6 is 12.2 Å². The molecule has 1 atom stereocenters. The predicted molar refractivity (Wildman–Crippen MR) is 84.5 cm³/mol. The van der Waals surface area contributed by atoms with Gasteiger partial charge in [-0.2, -0.15) is 13.2 Å². The Morgan fingerprint density at radius 1 is 1.50 bits per heavy atom. The molecule has 130 valence electrons. The van der Waals surface area contributed by atoms with Crippen LogP contribution in [0.15, 0.2) is 10.9 Å². The van der Waals surface area contributed by atoms with Gasteiger partial charge in [0.2, 0.25) is 0 Å². The Kier molecular flexibility index (Phi) is 4.48. The summed E-state index contributed by atoms with van der Waals surface area (Å²) in [5.74, 6) is 0. The van der Waals surface area contributed by atoms with Crippen LogP contribution in [0, 0.1) is 4.77 Å². The van der Waals surface area contributed by atoms with Crippen molar-refractivity contribution in [2.75, 3.05) is 6.61 Å². The molecular formula is C15H16F3N3O2S. The molecule has 2 aromatic rings. The van der Waals surface area contributed by atoms with Crippen molar-refractivity contribution in [1.29, 1.82) is 0 Å². The van der Waals surface area contributed by atoms with Crippen molar-refractivity contribution in [3.05, 3.63) is 32.4 Å². The molecule has 1 fully saturated rings. The first kappa shape index (κ1) is 17.1. The van der Waals surface area contributed by atoms with Gasteiger partial charge in [0.05, 0.1) is 23.6 Å². The van der Waals surface area contributed by atoms with E-state index < -0.39 is 22.7 Å². The summed E-state index contributed by atoms with van der Waals surface area (Å²) in [6.45, 7) is 2.59. The monoisotopic (exact) mass is 359 g/mol. The van der Waals surface area contributed by atoms with Crippen LogP contribution in [0.4, 0.5) is 13.2 Å². The Bertz CT molecular complexity index is 882. The summed E-state index contributed by atoms with van der Waals surface area (Å²) in [5, 5.41) is -0.480. The van der Waals surface area contributed by atoms with Crippen LogP contribution in [0.3, 0.4) is 0 Å². The van der Waals surface area contributed by atoms with E-state index in [4.69, 9.17) is 17.0 Å². The summed E-state index contributed by atoms with van der Waals surface area (Å²) in [6.07, 6.45) is -2.79. The van der Waals surface area contributed by atoms with Gasteiger partial charge in [0.15, 0.2) is 4.77 Å². The third kappa shape index (κ3) is 3.10. The lowest BCUT2D eigenvalue weighted by Crippen LogP contribution is -2.24. The molecule has 2 aromatic heterocycles. The number of hydrogen-bond acceptors (Lipinski definition) is 4. The van der Waals surface area contributed by atoms with Gasteiger partial charge in [-0.25, -0.2) is 4.98 Å². The average molecular weight is 359 g/mol. The molecule has 3 heterocycles. The Balaban J connectivity index is 2.31. The predicted octanol–water partition coefficient (Wildman–Crippen LogP) is 3.21. The number of halogens is 3. The van der Waals surface area contributed by atoms with Crippen molar-refractivity contribution in [3.63, 3.8) is 0 Å². The molecule has 0 aromatic carbocycles. The molecule has 0 saturated carbocycles. The molecule has 1 unspecified atom stereocenters. The van der Waals surface area contributed by atoms with Crippen LogP contribution in [0.1, 0.15) is 31.0 Å². The van der Waals surface area contributed by atoms with E-state index >= 15 is 0 Å². The van der Waals surface area contributed by atoms with Crippen molar-refractivity contribution in [1.82, 2.24) is 14.5 Å². The first-order chi connectivity index (χ1) is 11.3. The fourth-order valence-corrected chi connectivity index (χ4v) is 3.15. The van der Waals surface area contributed by atoms with Crippen molar-refractivity contribution in [3.8, 4) is 0 Å². The maximum Gasteiger partial charge on any atom is 0.417 e. The van der Waals surface area contributed by atoms with E-state index in [9.17, 15) is 18.0 Å². The molecule has 0 aliphatic carbocycles. The van der Waals surface area contributed by atoms with Crippen LogP contribution < -0.4 is 5.56 Å². The number of aromatic nitrogens is 3. The van der Waals surface area contributed by atoms with Crippen LogP contribution in [0.2, 0.25) is 0 Å². The number of ether oxygens (including phenoxy) is 1. The zero-order chi connectivity index (χ0) is 17.5. The lowest BCUT2D eigenvalue weighted by molar-refractivity contribution is -0.136. The van der Waals surface area contributed by atoms with Gasteiger partial charge in [0.25, 0.3) is 5.56 Å². The molecule has 0 amide bonds. The second-order valence-corrected chi connectivity index (χ2v) is 6.10. The highest BCUT2D eigenvalue weighted by Crippen LogP contribution is 2.33. The summed E-state index contributed by atoms with van der Waals surface area (Å²) in [7, 11) is 0. The minimum atomic E-state index is -4.65. The van der Waals surface area contributed by atoms with Gasteiger partial charge >= 0.3 is 6.18 Å². The second kappa shape index (κ2) is 6.29. The maximum atomic E-state index is 13.4. The number of hydrogen-bond donors (Lipinski definition) is 1. The highest BCUT2D eigenvalue weighted by molar-refractivity contribution is 7.71. The lowest BCUT2D eigenvalue weighted by atomic mass is 10.1. The molecule has 24 heavy (non-hydrogen) atoms. The first-order valence-corrected chi connectivity index (χ1v) is 8.07. The molecule has 1 N–H and O–H groups in total. The molecular weight excluding hydrogens is 343 g/mol. The summed E-state index contributed by atoms with van der Waals surface area (Å²) in [4.78, 5) is 18.7. The van der Waals surface area contributed by atoms with Gasteiger partial charge in [0.1, 0.15) is 5.65 Å². The average Bonchev–Trinajstić information content (AvgIpc) is 3.02. The smallest absolute Gasteiger partial charge is 0.376 e. The summed E-state index contributed by atoms with van der Waals surface area (Å²) in [6, 6.07) is 0.928. The summed E-state index contributed by atoms with van der Waals surface area (Å²) < 4.78 is 47.3. The van der Waals surface area contributed by atoms with Crippen LogP contribution in [-0.2, 0) is 23.9 Å². The minimum absolute atomic E-state index is 0.0362. The van der Waals surface area contributed by atoms with E-state index in [0.717, 1.165) is 18.9 Å². The molecule has 0 radical (unpaired) electrons. The number of rotatable bonds is 3.